The molecule has 106 valence electrons. The van der Waals surface area contributed by atoms with Gasteiger partial charge in [0, 0.05) is 12.0 Å². The molecule has 0 spiro atoms. The van der Waals surface area contributed by atoms with Crippen LogP contribution < -0.4 is 15.2 Å². The van der Waals surface area contributed by atoms with Crippen molar-refractivity contribution >= 4 is 0 Å². The molecule has 3 heteroatoms. The largest absolute Gasteiger partial charge is 0.497 e. The summed E-state index contributed by atoms with van der Waals surface area (Å²) in [4.78, 5) is 0. The Bertz CT molecular complexity index is 518. The van der Waals surface area contributed by atoms with Crippen LogP contribution >= 0.6 is 0 Å². The molecular weight excluding hydrogens is 250 g/mol. The van der Waals surface area contributed by atoms with E-state index in [9.17, 15) is 0 Å². The third-order valence-corrected chi connectivity index (χ3v) is 3.43. The molecule has 2 N–H and O–H groups in total. The van der Waals surface area contributed by atoms with Gasteiger partial charge in [-0.25, -0.2) is 0 Å². The van der Waals surface area contributed by atoms with Crippen molar-refractivity contribution in [1.82, 2.24) is 0 Å². The fraction of sp³-hybridized carbons (Fsp3) is 0.294. The fourth-order valence-electron chi connectivity index (χ4n) is 2.41. The standard InChI is InChI=1S/C17H21NO2/c1-19-15-10-14(11-16(12-15)20-2)17(8-9-18)13-6-4-3-5-7-13/h3-7,10-12,17H,8-9,18H2,1-2H3. The first-order valence-corrected chi connectivity index (χ1v) is 6.76. The van der Waals surface area contributed by atoms with Gasteiger partial charge in [0.25, 0.3) is 0 Å². The monoisotopic (exact) mass is 271 g/mol. The molecular formula is C17H21NO2. The number of hydrogen-bond acceptors (Lipinski definition) is 3. The molecule has 1 unspecified atom stereocenters. The van der Waals surface area contributed by atoms with Crippen LogP contribution in [0.1, 0.15) is 23.5 Å². The quantitative estimate of drug-likeness (QED) is 0.877. The second kappa shape index (κ2) is 6.96. The van der Waals surface area contributed by atoms with Crippen molar-refractivity contribution in [3.8, 4) is 11.5 Å². The molecule has 2 aromatic rings. The van der Waals surface area contributed by atoms with E-state index in [0.29, 0.717) is 6.54 Å². The first-order chi connectivity index (χ1) is 9.78. The van der Waals surface area contributed by atoms with E-state index in [1.165, 1.54) is 5.56 Å². The van der Waals surface area contributed by atoms with Crippen LogP contribution in [0.3, 0.4) is 0 Å². The second-order valence-electron chi connectivity index (χ2n) is 4.69. The Morgan fingerprint density at radius 1 is 0.900 bits per heavy atom. The van der Waals surface area contributed by atoms with Crippen molar-refractivity contribution < 1.29 is 9.47 Å². The predicted molar refractivity (Wildman–Crippen MR) is 81.5 cm³/mol. The molecule has 0 aliphatic carbocycles. The summed E-state index contributed by atoms with van der Waals surface area (Å²) < 4.78 is 10.7. The van der Waals surface area contributed by atoms with Crippen LogP contribution in [-0.4, -0.2) is 20.8 Å². The summed E-state index contributed by atoms with van der Waals surface area (Å²) in [6, 6.07) is 16.4. The van der Waals surface area contributed by atoms with Gasteiger partial charge in [0.05, 0.1) is 14.2 Å². The van der Waals surface area contributed by atoms with Crippen LogP contribution in [0, 0.1) is 0 Å². The van der Waals surface area contributed by atoms with Crippen LogP contribution in [0.4, 0.5) is 0 Å². The molecule has 0 aromatic heterocycles. The molecule has 0 saturated heterocycles. The lowest BCUT2D eigenvalue weighted by atomic mass is 9.88. The number of ether oxygens (including phenoxy) is 2. The highest BCUT2D eigenvalue weighted by atomic mass is 16.5. The molecule has 0 aliphatic heterocycles. The van der Waals surface area contributed by atoms with Crippen molar-refractivity contribution in [2.45, 2.75) is 12.3 Å². The SMILES string of the molecule is COc1cc(OC)cc(C(CCN)c2ccccc2)c1. The van der Waals surface area contributed by atoms with E-state index >= 15 is 0 Å². The summed E-state index contributed by atoms with van der Waals surface area (Å²) in [5.41, 5.74) is 8.21. The van der Waals surface area contributed by atoms with Crippen LogP contribution in [0.2, 0.25) is 0 Å². The van der Waals surface area contributed by atoms with Gasteiger partial charge in [0.15, 0.2) is 0 Å². The zero-order valence-corrected chi connectivity index (χ0v) is 12.0. The topological polar surface area (TPSA) is 44.5 Å². The van der Waals surface area contributed by atoms with Crippen LogP contribution in [0.5, 0.6) is 11.5 Å². The van der Waals surface area contributed by atoms with E-state index in [1.54, 1.807) is 14.2 Å². The molecule has 2 rings (SSSR count). The first-order valence-electron chi connectivity index (χ1n) is 6.76. The lowest BCUT2D eigenvalue weighted by Crippen LogP contribution is -2.09. The van der Waals surface area contributed by atoms with E-state index in [4.69, 9.17) is 15.2 Å². The second-order valence-corrected chi connectivity index (χ2v) is 4.69. The minimum atomic E-state index is 0.255. The minimum absolute atomic E-state index is 0.255. The molecule has 0 radical (unpaired) electrons. The van der Waals surface area contributed by atoms with Gasteiger partial charge in [-0.1, -0.05) is 30.3 Å². The number of benzene rings is 2. The Morgan fingerprint density at radius 2 is 1.50 bits per heavy atom. The summed E-state index contributed by atoms with van der Waals surface area (Å²) in [7, 11) is 3.33. The third kappa shape index (κ3) is 3.31. The maximum Gasteiger partial charge on any atom is 0.122 e. The van der Waals surface area contributed by atoms with E-state index in [0.717, 1.165) is 23.5 Å². The van der Waals surface area contributed by atoms with E-state index < -0.39 is 0 Å². The summed E-state index contributed by atoms with van der Waals surface area (Å²) in [6.45, 7) is 0.638. The molecule has 3 nitrogen and oxygen atoms in total. The number of rotatable bonds is 6. The summed E-state index contributed by atoms with van der Waals surface area (Å²) in [5.74, 6) is 1.86. The van der Waals surface area contributed by atoms with Gasteiger partial charge in [-0.2, -0.15) is 0 Å². The summed E-state index contributed by atoms with van der Waals surface area (Å²) in [5, 5.41) is 0. The van der Waals surface area contributed by atoms with Crippen molar-refractivity contribution in [2.24, 2.45) is 5.73 Å². The molecule has 0 amide bonds. The Labute approximate surface area is 120 Å². The Kier molecular flexibility index (Phi) is 5.02. The van der Waals surface area contributed by atoms with Gasteiger partial charge in [-0.3, -0.25) is 0 Å². The Hall–Kier alpha value is -2.00. The van der Waals surface area contributed by atoms with Crippen molar-refractivity contribution in [1.29, 1.82) is 0 Å². The average Bonchev–Trinajstić information content (AvgIpc) is 2.52. The van der Waals surface area contributed by atoms with Crippen LogP contribution in [0.25, 0.3) is 0 Å². The maximum atomic E-state index is 5.78. The minimum Gasteiger partial charge on any atom is -0.497 e. The lowest BCUT2D eigenvalue weighted by Gasteiger charge is -2.19. The number of nitrogens with two attached hydrogens (primary N) is 1. The molecule has 2 aromatic carbocycles. The number of methoxy groups -OCH3 is 2. The molecule has 0 heterocycles. The van der Waals surface area contributed by atoms with E-state index in [-0.39, 0.29) is 5.92 Å². The third-order valence-electron chi connectivity index (χ3n) is 3.43. The Morgan fingerprint density at radius 3 is 2.00 bits per heavy atom. The van der Waals surface area contributed by atoms with Crippen molar-refractivity contribution in [2.75, 3.05) is 20.8 Å². The van der Waals surface area contributed by atoms with Crippen LogP contribution in [-0.2, 0) is 0 Å². The van der Waals surface area contributed by atoms with Gasteiger partial charge in [-0.05, 0) is 36.2 Å². The van der Waals surface area contributed by atoms with Crippen LogP contribution in [0.15, 0.2) is 48.5 Å². The molecule has 0 bridgehead atoms. The predicted octanol–water partition coefficient (Wildman–Crippen LogP) is 3.18. The maximum absolute atomic E-state index is 5.78. The highest BCUT2D eigenvalue weighted by molar-refractivity contribution is 5.43. The molecule has 0 fully saturated rings. The lowest BCUT2D eigenvalue weighted by molar-refractivity contribution is 0.393. The van der Waals surface area contributed by atoms with Gasteiger partial charge >= 0.3 is 0 Å². The fourth-order valence-corrected chi connectivity index (χ4v) is 2.41. The highest BCUT2D eigenvalue weighted by Gasteiger charge is 2.15. The summed E-state index contributed by atoms with van der Waals surface area (Å²) >= 11 is 0. The molecule has 1 atom stereocenters. The van der Waals surface area contributed by atoms with E-state index in [1.807, 2.05) is 12.1 Å². The molecule has 0 aliphatic rings. The smallest absolute Gasteiger partial charge is 0.122 e. The number of hydrogen-bond donors (Lipinski definition) is 1. The molecule has 0 saturated carbocycles. The van der Waals surface area contributed by atoms with E-state index in [2.05, 4.69) is 36.4 Å². The Balaban J connectivity index is 2.43. The van der Waals surface area contributed by atoms with Crippen molar-refractivity contribution in [3.05, 3.63) is 59.7 Å². The highest BCUT2D eigenvalue weighted by Crippen LogP contribution is 2.33. The van der Waals surface area contributed by atoms with Gasteiger partial charge < -0.3 is 15.2 Å². The van der Waals surface area contributed by atoms with Gasteiger partial charge in [-0.15, -0.1) is 0 Å². The van der Waals surface area contributed by atoms with Gasteiger partial charge in [0.1, 0.15) is 11.5 Å². The van der Waals surface area contributed by atoms with Gasteiger partial charge in [0.2, 0.25) is 0 Å². The van der Waals surface area contributed by atoms with Crippen molar-refractivity contribution in [3.63, 3.8) is 0 Å². The normalized spacial score (nSPS) is 11.9. The summed E-state index contributed by atoms with van der Waals surface area (Å²) in [6.07, 6.45) is 0.889. The molecule has 20 heavy (non-hydrogen) atoms. The average molecular weight is 271 g/mol. The first kappa shape index (κ1) is 14.4. The zero-order valence-electron chi connectivity index (χ0n) is 12.0. The zero-order chi connectivity index (χ0) is 14.4.